The first-order chi connectivity index (χ1) is 21.7. The number of rotatable bonds is 2. The Balaban J connectivity index is 1.11. The lowest BCUT2D eigenvalue weighted by atomic mass is 9.91. The summed E-state index contributed by atoms with van der Waals surface area (Å²) >= 11 is 0. The summed E-state index contributed by atoms with van der Waals surface area (Å²) in [5, 5.41) is 15.9. The second kappa shape index (κ2) is 8.13. The van der Waals surface area contributed by atoms with Gasteiger partial charge in [0, 0.05) is 11.8 Å². The molecule has 11 rings (SSSR count). The van der Waals surface area contributed by atoms with Crippen LogP contribution in [0.5, 0.6) is 0 Å². The Labute approximate surface area is 254 Å². The zero-order valence-electron chi connectivity index (χ0n) is 24.0. The molecule has 9 aromatic carbocycles. The molecule has 0 N–H and O–H groups in total. The summed E-state index contributed by atoms with van der Waals surface area (Å²) in [6.45, 7) is 0. The van der Waals surface area contributed by atoms with Gasteiger partial charge in [0.2, 0.25) is 0 Å². The van der Waals surface area contributed by atoms with Gasteiger partial charge in [-0.15, -0.1) is 0 Å². The third-order valence-electron chi connectivity index (χ3n) is 10.4. The van der Waals surface area contributed by atoms with E-state index in [2.05, 4.69) is 146 Å². The molecule has 0 heteroatoms. The fraction of sp³-hybridized carbons (Fsp3) is 0.0455. The lowest BCUT2D eigenvalue weighted by molar-refractivity contribution is 1.10. The van der Waals surface area contributed by atoms with E-state index in [9.17, 15) is 0 Å². The molecule has 0 amide bonds. The first kappa shape index (κ1) is 23.1. The molecule has 0 saturated carbocycles. The van der Waals surface area contributed by atoms with Crippen LogP contribution in [0.1, 0.15) is 45.2 Å². The van der Waals surface area contributed by atoms with Crippen LogP contribution in [-0.2, 0) is 0 Å². The summed E-state index contributed by atoms with van der Waals surface area (Å²) in [6, 6.07) is 55.2. The van der Waals surface area contributed by atoms with E-state index in [1.165, 1.54) is 98.0 Å². The van der Waals surface area contributed by atoms with Gasteiger partial charge in [-0.2, -0.15) is 0 Å². The molecule has 44 heavy (non-hydrogen) atoms. The van der Waals surface area contributed by atoms with Gasteiger partial charge in [0.25, 0.3) is 0 Å². The minimum Gasteiger partial charge on any atom is -0.0616 e. The van der Waals surface area contributed by atoms with Crippen molar-refractivity contribution in [2.24, 2.45) is 0 Å². The van der Waals surface area contributed by atoms with Crippen molar-refractivity contribution in [3.63, 3.8) is 0 Å². The summed E-state index contributed by atoms with van der Waals surface area (Å²) in [5.41, 5.74) is 8.87. The van der Waals surface area contributed by atoms with Gasteiger partial charge in [-0.1, -0.05) is 72.8 Å². The average Bonchev–Trinajstić information content (AvgIpc) is 3.95. The summed E-state index contributed by atoms with van der Waals surface area (Å²) < 4.78 is 0. The van der Waals surface area contributed by atoms with Gasteiger partial charge >= 0.3 is 0 Å². The molecule has 0 bridgehead atoms. The Kier molecular flexibility index (Phi) is 4.26. The third kappa shape index (κ3) is 3.23. The average molecular weight is 555 g/mol. The molecule has 0 unspecified atom stereocenters. The van der Waals surface area contributed by atoms with E-state index in [0.717, 1.165) is 0 Å². The minimum absolute atomic E-state index is 0.352. The van der Waals surface area contributed by atoms with E-state index >= 15 is 0 Å². The summed E-state index contributed by atoms with van der Waals surface area (Å²) in [4.78, 5) is 0. The van der Waals surface area contributed by atoms with Gasteiger partial charge in [-0.05, 0) is 171 Å². The van der Waals surface area contributed by atoms with E-state index in [0.29, 0.717) is 11.8 Å². The molecule has 202 valence electrons. The van der Waals surface area contributed by atoms with Gasteiger partial charge in [0.1, 0.15) is 0 Å². The highest BCUT2D eigenvalue weighted by Gasteiger charge is 2.42. The maximum absolute atomic E-state index is 2.51. The molecule has 2 aliphatic carbocycles. The zero-order chi connectivity index (χ0) is 28.5. The molecule has 0 heterocycles. The van der Waals surface area contributed by atoms with Crippen LogP contribution in [0.15, 0.2) is 146 Å². The smallest absolute Gasteiger partial charge is 0.0349 e. The predicted octanol–water partition coefficient (Wildman–Crippen LogP) is 11.6. The lowest BCUT2D eigenvalue weighted by Gasteiger charge is -2.12. The number of hydrogen-bond acceptors (Lipinski definition) is 0. The van der Waals surface area contributed by atoms with E-state index in [-0.39, 0.29) is 0 Å². The summed E-state index contributed by atoms with van der Waals surface area (Å²) in [7, 11) is 0. The topological polar surface area (TPSA) is 0 Å². The molecule has 0 nitrogen and oxygen atoms in total. The Bertz CT molecular complexity index is 2410. The Morgan fingerprint density at radius 1 is 0.205 bits per heavy atom. The molecule has 0 radical (unpaired) electrons. The van der Waals surface area contributed by atoms with Crippen molar-refractivity contribution in [1.82, 2.24) is 0 Å². The monoisotopic (exact) mass is 554 g/mol. The zero-order valence-corrected chi connectivity index (χ0v) is 24.0. The number of benzene rings is 9. The lowest BCUT2D eigenvalue weighted by Crippen LogP contribution is -1.94. The molecule has 2 aliphatic rings. The van der Waals surface area contributed by atoms with Gasteiger partial charge in [0.15, 0.2) is 0 Å². The standard InChI is InChI=1S/C44H26/c1-2-8-26-14-32-20-38-37(19-31(32)13-25(26)7-1)43(38)41-23-35-17-29-11-5-6-12-30(29)18-36(35)24-42(41)44-39-21-33-15-27-9-3-4-10-28(27)16-34(33)22-40(39)44/h1-24,43-44H. The Morgan fingerprint density at radius 3 is 0.568 bits per heavy atom. The highest BCUT2D eigenvalue weighted by molar-refractivity contribution is 6.03. The summed E-state index contributed by atoms with van der Waals surface area (Å²) in [5.74, 6) is 0.704. The maximum Gasteiger partial charge on any atom is 0.0349 e. The van der Waals surface area contributed by atoms with Crippen molar-refractivity contribution >= 4 is 64.6 Å². The second-order valence-corrected chi connectivity index (χ2v) is 12.9. The van der Waals surface area contributed by atoms with Crippen molar-refractivity contribution in [1.29, 1.82) is 0 Å². The Morgan fingerprint density at radius 2 is 0.386 bits per heavy atom. The highest BCUT2D eigenvalue weighted by Crippen LogP contribution is 2.58. The van der Waals surface area contributed by atoms with E-state index < -0.39 is 0 Å². The molecule has 0 spiro atoms. The van der Waals surface area contributed by atoms with Crippen LogP contribution in [0, 0.1) is 0 Å². The van der Waals surface area contributed by atoms with Crippen molar-refractivity contribution < 1.29 is 0 Å². The SMILES string of the molecule is c1ccc2cc3cc4c(cc3cc2c1)C4c1cc2cc3ccccc3cc2cc1C1c2cc3cc4ccccc4cc3cc21. The van der Waals surface area contributed by atoms with Crippen molar-refractivity contribution in [2.75, 3.05) is 0 Å². The maximum atomic E-state index is 2.51. The normalized spacial score (nSPS) is 14.2. The molecule has 9 aromatic rings. The highest BCUT2D eigenvalue weighted by atomic mass is 14.4. The van der Waals surface area contributed by atoms with E-state index in [1.54, 1.807) is 0 Å². The molecule has 0 aromatic heterocycles. The molecule has 0 fully saturated rings. The van der Waals surface area contributed by atoms with Gasteiger partial charge in [0.05, 0.1) is 0 Å². The third-order valence-corrected chi connectivity index (χ3v) is 10.4. The fourth-order valence-corrected chi connectivity index (χ4v) is 8.10. The first-order valence-corrected chi connectivity index (χ1v) is 15.6. The summed E-state index contributed by atoms with van der Waals surface area (Å²) in [6.07, 6.45) is 0. The van der Waals surface area contributed by atoms with Crippen LogP contribution in [-0.4, -0.2) is 0 Å². The van der Waals surface area contributed by atoms with Crippen LogP contribution in [0.2, 0.25) is 0 Å². The van der Waals surface area contributed by atoms with E-state index in [4.69, 9.17) is 0 Å². The molecule has 0 aliphatic heterocycles. The minimum atomic E-state index is 0.352. The molecular formula is C44H26. The number of hydrogen-bond donors (Lipinski definition) is 0. The predicted molar refractivity (Wildman–Crippen MR) is 186 cm³/mol. The van der Waals surface area contributed by atoms with Crippen LogP contribution in [0.3, 0.4) is 0 Å². The molecule has 0 saturated heterocycles. The van der Waals surface area contributed by atoms with Crippen molar-refractivity contribution in [3.05, 3.63) is 179 Å². The van der Waals surface area contributed by atoms with Crippen molar-refractivity contribution in [3.8, 4) is 0 Å². The van der Waals surface area contributed by atoms with Crippen LogP contribution in [0.4, 0.5) is 0 Å². The van der Waals surface area contributed by atoms with Gasteiger partial charge < -0.3 is 0 Å². The fourth-order valence-electron chi connectivity index (χ4n) is 8.10. The van der Waals surface area contributed by atoms with Crippen LogP contribution in [0.25, 0.3) is 64.6 Å². The molecule has 0 atom stereocenters. The van der Waals surface area contributed by atoms with Gasteiger partial charge in [-0.3, -0.25) is 0 Å². The second-order valence-electron chi connectivity index (χ2n) is 12.9. The van der Waals surface area contributed by atoms with Crippen molar-refractivity contribution in [2.45, 2.75) is 11.8 Å². The Hall–Kier alpha value is -5.46. The first-order valence-electron chi connectivity index (χ1n) is 15.6. The molecular weight excluding hydrogens is 528 g/mol. The largest absolute Gasteiger partial charge is 0.0616 e. The van der Waals surface area contributed by atoms with Crippen LogP contribution >= 0.6 is 0 Å². The van der Waals surface area contributed by atoms with E-state index in [1.807, 2.05) is 0 Å². The van der Waals surface area contributed by atoms with Gasteiger partial charge in [-0.25, -0.2) is 0 Å². The number of fused-ring (bicyclic) bond motifs is 8. The van der Waals surface area contributed by atoms with Crippen LogP contribution < -0.4 is 0 Å². The quantitative estimate of drug-likeness (QED) is 0.186.